The summed E-state index contributed by atoms with van der Waals surface area (Å²) in [6.45, 7) is 4.21. The van der Waals surface area contributed by atoms with Crippen molar-refractivity contribution in [1.82, 2.24) is 0 Å². The van der Waals surface area contributed by atoms with Crippen molar-refractivity contribution < 1.29 is 19.8 Å². The van der Waals surface area contributed by atoms with Crippen LogP contribution in [0.15, 0.2) is 36.4 Å². The van der Waals surface area contributed by atoms with Gasteiger partial charge in [-0.2, -0.15) is 0 Å². The van der Waals surface area contributed by atoms with E-state index in [0.29, 0.717) is 12.2 Å². The number of phenols is 2. The number of benzene rings is 2. The lowest BCUT2D eigenvalue weighted by Crippen LogP contribution is -2.35. The average Bonchev–Trinajstić information content (AvgIpc) is 2.60. The Morgan fingerprint density at radius 2 is 1.88 bits per heavy atom. The predicted molar refractivity (Wildman–Crippen MR) is 99.7 cm³/mol. The average molecular weight is 354 g/mol. The molecule has 1 aliphatic heterocycles. The number of fused-ring (bicyclic) bond motifs is 1. The molecule has 2 amide bonds. The number of phenolic OH excluding ortho intramolecular Hbond substituents is 2. The van der Waals surface area contributed by atoms with Crippen LogP contribution in [0.5, 0.6) is 11.5 Å². The highest BCUT2D eigenvalue weighted by Gasteiger charge is 2.26. The molecular weight excluding hydrogens is 332 g/mol. The van der Waals surface area contributed by atoms with Crippen molar-refractivity contribution in [3.63, 3.8) is 0 Å². The van der Waals surface area contributed by atoms with Crippen molar-refractivity contribution in [2.24, 2.45) is 5.92 Å². The molecule has 0 unspecified atom stereocenters. The Morgan fingerprint density at radius 3 is 2.58 bits per heavy atom. The minimum atomic E-state index is -0.317. The first-order valence-corrected chi connectivity index (χ1v) is 8.64. The fraction of sp³-hybridized carbons (Fsp3) is 0.300. The van der Waals surface area contributed by atoms with Crippen LogP contribution in [0.1, 0.15) is 36.2 Å². The number of anilines is 2. The number of hydrogen-bond acceptors (Lipinski definition) is 4. The number of aromatic hydroxyl groups is 2. The number of nitrogens with zero attached hydrogens (tertiary/aromatic N) is 1. The van der Waals surface area contributed by atoms with E-state index in [0.717, 1.165) is 30.2 Å². The van der Waals surface area contributed by atoms with E-state index >= 15 is 0 Å². The van der Waals surface area contributed by atoms with Crippen molar-refractivity contribution in [1.29, 1.82) is 0 Å². The molecule has 3 N–H and O–H groups in total. The second kappa shape index (κ2) is 7.07. The Morgan fingerprint density at radius 1 is 1.12 bits per heavy atom. The minimum Gasteiger partial charge on any atom is -0.508 e. The van der Waals surface area contributed by atoms with Crippen LogP contribution < -0.4 is 10.2 Å². The normalized spacial score (nSPS) is 13.4. The maximum Gasteiger partial charge on any atom is 0.262 e. The van der Waals surface area contributed by atoms with E-state index in [9.17, 15) is 19.8 Å². The first-order chi connectivity index (χ1) is 12.4. The summed E-state index contributed by atoms with van der Waals surface area (Å²) in [7, 11) is 0. The molecule has 0 aliphatic carbocycles. The van der Waals surface area contributed by atoms with Gasteiger partial charge in [-0.15, -0.1) is 0 Å². The molecule has 0 radical (unpaired) electrons. The molecule has 0 spiro atoms. The number of nitrogens with one attached hydrogen (secondary N) is 1. The molecule has 3 rings (SSSR count). The Bertz CT molecular complexity index is 861. The highest BCUT2D eigenvalue weighted by atomic mass is 16.3. The monoisotopic (exact) mass is 354 g/mol. The van der Waals surface area contributed by atoms with Gasteiger partial charge in [-0.3, -0.25) is 9.59 Å². The summed E-state index contributed by atoms with van der Waals surface area (Å²) >= 11 is 0. The standard InChI is InChI=1S/C20H22N2O4/c1-12(2)19(25)21-14-5-8-17-13(10-14)4-3-9-22(17)20(26)16-7-6-15(23)11-18(16)24/h5-8,10-12,23-24H,3-4,9H2,1-2H3,(H,21,25). The van der Waals surface area contributed by atoms with Gasteiger partial charge in [0.15, 0.2) is 0 Å². The van der Waals surface area contributed by atoms with Crippen LogP contribution in [0.3, 0.4) is 0 Å². The van der Waals surface area contributed by atoms with Crippen LogP contribution in [0.2, 0.25) is 0 Å². The highest BCUT2D eigenvalue weighted by Crippen LogP contribution is 2.33. The molecule has 2 aromatic carbocycles. The lowest BCUT2D eigenvalue weighted by atomic mass is 9.99. The third-order valence-electron chi connectivity index (χ3n) is 4.45. The van der Waals surface area contributed by atoms with Gasteiger partial charge in [0, 0.05) is 29.9 Å². The zero-order valence-corrected chi connectivity index (χ0v) is 14.8. The lowest BCUT2D eigenvalue weighted by Gasteiger charge is -2.30. The van der Waals surface area contributed by atoms with Crippen LogP contribution in [0.25, 0.3) is 0 Å². The quantitative estimate of drug-likeness (QED) is 0.789. The predicted octanol–water partition coefficient (Wildman–Crippen LogP) is 3.29. The molecule has 6 heteroatoms. The van der Waals surface area contributed by atoms with Crippen LogP contribution in [-0.4, -0.2) is 28.6 Å². The lowest BCUT2D eigenvalue weighted by molar-refractivity contribution is -0.118. The van der Waals surface area contributed by atoms with Crippen LogP contribution in [-0.2, 0) is 11.2 Å². The third-order valence-corrected chi connectivity index (χ3v) is 4.45. The van der Waals surface area contributed by atoms with Crippen molar-refractivity contribution in [2.75, 3.05) is 16.8 Å². The summed E-state index contributed by atoms with van der Waals surface area (Å²) in [5, 5.41) is 22.3. The van der Waals surface area contributed by atoms with E-state index in [4.69, 9.17) is 0 Å². The first kappa shape index (κ1) is 17.8. The van der Waals surface area contributed by atoms with Gasteiger partial charge in [-0.05, 0) is 48.7 Å². The van der Waals surface area contributed by atoms with Gasteiger partial charge in [0.05, 0.1) is 5.56 Å². The van der Waals surface area contributed by atoms with E-state index in [1.54, 1.807) is 11.0 Å². The largest absolute Gasteiger partial charge is 0.508 e. The molecule has 1 heterocycles. The van der Waals surface area contributed by atoms with Gasteiger partial charge in [-0.25, -0.2) is 0 Å². The van der Waals surface area contributed by atoms with Crippen LogP contribution >= 0.6 is 0 Å². The van der Waals surface area contributed by atoms with Crippen molar-refractivity contribution in [3.05, 3.63) is 47.5 Å². The fourth-order valence-corrected chi connectivity index (χ4v) is 3.02. The van der Waals surface area contributed by atoms with Gasteiger partial charge in [0.2, 0.25) is 5.91 Å². The summed E-state index contributed by atoms with van der Waals surface area (Å²) in [6, 6.07) is 9.44. The van der Waals surface area contributed by atoms with Crippen LogP contribution in [0, 0.1) is 5.92 Å². The van der Waals surface area contributed by atoms with E-state index < -0.39 is 0 Å². The highest BCUT2D eigenvalue weighted by molar-refractivity contribution is 6.08. The third kappa shape index (κ3) is 3.49. The number of hydrogen-bond donors (Lipinski definition) is 3. The number of amides is 2. The number of carbonyl (C=O) groups is 2. The molecule has 136 valence electrons. The molecule has 0 fully saturated rings. The van der Waals surface area contributed by atoms with Crippen molar-refractivity contribution >= 4 is 23.2 Å². The SMILES string of the molecule is CC(C)C(=O)Nc1ccc2c(c1)CCCN2C(=O)c1ccc(O)cc1O. The zero-order chi connectivity index (χ0) is 18.8. The van der Waals surface area contributed by atoms with E-state index in [-0.39, 0.29) is 34.8 Å². The molecule has 0 bridgehead atoms. The van der Waals surface area contributed by atoms with Crippen LogP contribution in [0.4, 0.5) is 11.4 Å². The smallest absolute Gasteiger partial charge is 0.262 e. The Balaban J connectivity index is 1.89. The second-order valence-corrected chi connectivity index (χ2v) is 6.75. The van der Waals surface area contributed by atoms with E-state index in [1.165, 1.54) is 12.1 Å². The second-order valence-electron chi connectivity index (χ2n) is 6.75. The molecular formula is C20H22N2O4. The van der Waals surface area contributed by atoms with Crippen molar-refractivity contribution in [2.45, 2.75) is 26.7 Å². The van der Waals surface area contributed by atoms with Crippen molar-refractivity contribution in [3.8, 4) is 11.5 Å². The summed E-state index contributed by atoms with van der Waals surface area (Å²) in [4.78, 5) is 26.4. The van der Waals surface area contributed by atoms with Gasteiger partial charge >= 0.3 is 0 Å². The minimum absolute atomic E-state index is 0.0530. The molecule has 0 saturated heterocycles. The van der Waals surface area contributed by atoms with Gasteiger partial charge in [0.1, 0.15) is 11.5 Å². The maximum atomic E-state index is 12.9. The molecule has 6 nitrogen and oxygen atoms in total. The number of rotatable bonds is 3. The van der Waals surface area contributed by atoms with Gasteiger partial charge < -0.3 is 20.4 Å². The van der Waals surface area contributed by atoms with E-state index in [2.05, 4.69) is 5.32 Å². The van der Waals surface area contributed by atoms with Gasteiger partial charge in [0.25, 0.3) is 5.91 Å². The Labute approximate surface area is 152 Å². The number of aryl methyl sites for hydroxylation is 1. The maximum absolute atomic E-state index is 12.9. The Hall–Kier alpha value is -3.02. The molecule has 2 aromatic rings. The molecule has 26 heavy (non-hydrogen) atoms. The molecule has 1 aliphatic rings. The Kier molecular flexibility index (Phi) is 4.84. The topological polar surface area (TPSA) is 89.9 Å². The summed E-state index contributed by atoms with van der Waals surface area (Å²) in [5.74, 6) is -0.821. The summed E-state index contributed by atoms with van der Waals surface area (Å²) < 4.78 is 0. The fourth-order valence-electron chi connectivity index (χ4n) is 3.02. The summed E-state index contributed by atoms with van der Waals surface area (Å²) in [6.07, 6.45) is 1.60. The summed E-state index contributed by atoms with van der Waals surface area (Å²) in [5.41, 5.74) is 2.61. The molecule has 0 aromatic heterocycles. The molecule has 0 saturated carbocycles. The van der Waals surface area contributed by atoms with Gasteiger partial charge in [-0.1, -0.05) is 13.8 Å². The number of carbonyl (C=O) groups excluding carboxylic acids is 2. The first-order valence-electron chi connectivity index (χ1n) is 8.64. The van der Waals surface area contributed by atoms with E-state index in [1.807, 2.05) is 26.0 Å². The molecule has 0 atom stereocenters. The zero-order valence-electron chi connectivity index (χ0n) is 14.8.